The molecule has 22 heavy (non-hydrogen) atoms. The first kappa shape index (κ1) is 14.3. The fraction of sp³-hybridized carbons (Fsp3) is 0.176. The predicted octanol–water partition coefficient (Wildman–Crippen LogP) is 2.52. The quantitative estimate of drug-likeness (QED) is 0.879. The summed E-state index contributed by atoms with van der Waals surface area (Å²) in [4.78, 5) is 26.4. The van der Waals surface area contributed by atoms with Crippen molar-refractivity contribution in [1.29, 1.82) is 0 Å². The van der Waals surface area contributed by atoms with Crippen LogP contribution in [0.1, 0.15) is 26.3 Å². The predicted molar refractivity (Wildman–Crippen MR) is 81.6 cm³/mol. The molecule has 5 heteroatoms. The molecule has 0 aliphatic carbocycles. The van der Waals surface area contributed by atoms with Crippen LogP contribution in [-0.4, -0.2) is 24.9 Å². The standard InChI is InChI=1S/C17H15FN2O2/c1-11-10-12(18)6-7-13(11)17(22)20-9-8-19-16(21)14-4-2-3-5-15(14)20/h2-7,10H,8-9H2,1H3,(H,19,21). The van der Waals surface area contributed by atoms with Crippen molar-refractivity contribution >= 4 is 17.5 Å². The Morgan fingerprint density at radius 1 is 1.23 bits per heavy atom. The number of hydrogen-bond acceptors (Lipinski definition) is 2. The second-order valence-electron chi connectivity index (χ2n) is 5.19. The van der Waals surface area contributed by atoms with Crippen LogP contribution in [0.5, 0.6) is 0 Å². The number of nitrogens with zero attached hydrogens (tertiary/aromatic N) is 1. The fourth-order valence-electron chi connectivity index (χ4n) is 2.62. The summed E-state index contributed by atoms with van der Waals surface area (Å²) in [6.07, 6.45) is 0. The summed E-state index contributed by atoms with van der Waals surface area (Å²) in [5.74, 6) is -0.801. The van der Waals surface area contributed by atoms with Crippen molar-refractivity contribution in [2.45, 2.75) is 6.92 Å². The van der Waals surface area contributed by atoms with Gasteiger partial charge in [-0.25, -0.2) is 4.39 Å². The number of amides is 2. The van der Waals surface area contributed by atoms with E-state index in [4.69, 9.17) is 0 Å². The number of nitrogens with one attached hydrogen (secondary N) is 1. The number of benzene rings is 2. The third-order valence-electron chi connectivity index (χ3n) is 3.72. The average Bonchev–Trinajstić information content (AvgIpc) is 2.66. The van der Waals surface area contributed by atoms with Crippen LogP contribution in [0.3, 0.4) is 0 Å². The lowest BCUT2D eigenvalue weighted by Gasteiger charge is -2.22. The SMILES string of the molecule is Cc1cc(F)ccc1C(=O)N1CCNC(=O)c2ccccc21. The summed E-state index contributed by atoms with van der Waals surface area (Å²) in [5.41, 5.74) is 2.05. The van der Waals surface area contributed by atoms with E-state index < -0.39 is 0 Å². The van der Waals surface area contributed by atoms with Gasteiger partial charge in [-0.2, -0.15) is 0 Å². The van der Waals surface area contributed by atoms with E-state index in [2.05, 4.69) is 5.32 Å². The summed E-state index contributed by atoms with van der Waals surface area (Å²) in [7, 11) is 0. The molecule has 2 aromatic rings. The van der Waals surface area contributed by atoms with Crippen LogP contribution in [0, 0.1) is 12.7 Å². The molecule has 0 atom stereocenters. The van der Waals surface area contributed by atoms with Gasteiger partial charge in [0.1, 0.15) is 5.82 Å². The van der Waals surface area contributed by atoms with Gasteiger partial charge in [0, 0.05) is 18.7 Å². The lowest BCUT2D eigenvalue weighted by Crippen LogP contribution is -2.35. The minimum Gasteiger partial charge on any atom is -0.350 e. The van der Waals surface area contributed by atoms with Gasteiger partial charge in [-0.1, -0.05) is 12.1 Å². The van der Waals surface area contributed by atoms with E-state index in [0.717, 1.165) is 0 Å². The van der Waals surface area contributed by atoms with E-state index in [-0.39, 0.29) is 17.6 Å². The number of para-hydroxylation sites is 1. The Hall–Kier alpha value is -2.69. The van der Waals surface area contributed by atoms with Gasteiger partial charge < -0.3 is 10.2 Å². The maximum atomic E-state index is 13.2. The Labute approximate surface area is 127 Å². The van der Waals surface area contributed by atoms with Crippen molar-refractivity contribution in [3.05, 3.63) is 65.0 Å². The van der Waals surface area contributed by atoms with Crippen LogP contribution in [0.15, 0.2) is 42.5 Å². The maximum absolute atomic E-state index is 13.2. The molecule has 0 saturated heterocycles. The molecule has 112 valence electrons. The summed E-state index contributed by atoms with van der Waals surface area (Å²) in [6, 6.07) is 11.1. The highest BCUT2D eigenvalue weighted by Gasteiger charge is 2.26. The Morgan fingerprint density at radius 2 is 2.00 bits per heavy atom. The summed E-state index contributed by atoms with van der Waals surface area (Å²) >= 11 is 0. The average molecular weight is 298 g/mol. The molecule has 0 fully saturated rings. The van der Waals surface area contributed by atoms with Crippen molar-refractivity contribution < 1.29 is 14.0 Å². The van der Waals surface area contributed by atoms with Crippen LogP contribution in [0.4, 0.5) is 10.1 Å². The molecule has 0 unspecified atom stereocenters. The van der Waals surface area contributed by atoms with Gasteiger partial charge in [0.05, 0.1) is 11.3 Å². The first-order valence-corrected chi connectivity index (χ1v) is 7.03. The Kier molecular flexibility index (Phi) is 3.63. The van der Waals surface area contributed by atoms with Gasteiger partial charge in [-0.3, -0.25) is 9.59 Å². The number of carbonyl (C=O) groups is 2. The molecule has 1 aliphatic heterocycles. The molecule has 0 saturated carbocycles. The normalized spacial score (nSPS) is 14.1. The minimum atomic E-state index is -0.373. The van der Waals surface area contributed by atoms with Crippen molar-refractivity contribution in [2.75, 3.05) is 18.0 Å². The van der Waals surface area contributed by atoms with Gasteiger partial charge in [0.15, 0.2) is 0 Å². The zero-order chi connectivity index (χ0) is 15.7. The lowest BCUT2D eigenvalue weighted by molar-refractivity contribution is 0.0953. The Bertz CT molecular complexity index is 758. The van der Waals surface area contributed by atoms with E-state index in [1.807, 2.05) is 0 Å². The van der Waals surface area contributed by atoms with Crippen molar-refractivity contribution in [1.82, 2.24) is 5.32 Å². The molecule has 3 rings (SSSR count). The van der Waals surface area contributed by atoms with Crippen LogP contribution < -0.4 is 10.2 Å². The smallest absolute Gasteiger partial charge is 0.258 e. The van der Waals surface area contributed by atoms with Gasteiger partial charge in [0.25, 0.3) is 11.8 Å². The van der Waals surface area contributed by atoms with E-state index >= 15 is 0 Å². The molecule has 0 spiro atoms. The summed E-state index contributed by atoms with van der Waals surface area (Å²) < 4.78 is 13.2. The second kappa shape index (κ2) is 5.60. The summed E-state index contributed by atoms with van der Waals surface area (Å²) in [6.45, 7) is 2.45. The highest BCUT2D eigenvalue weighted by molar-refractivity contribution is 6.11. The number of fused-ring (bicyclic) bond motifs is 1. The molecule has 2 amide bonds. The molecular formula is C17H15FN2O2. The number of anilines is 1. The molecule has 0 radical (unpaired) electrons. The highest BCUT2D eigenvalue weighted by Crippen LogP contribution is 2.25. The van der Waals surface area contributed by atoms with E-state index in [1.165, 1.54) is 18.2 Å². The Morgan fingerprint density at radius 3 is 2.77 bits per heavy atom. The molecule has 1 aliphatic rings. The third kappa shape index (κ3) is 2.45. The maximum Gasteiger partial charge on any atom is 0.258 e. The molecule has 1 N–H and O–H groups in total. The van der Waals surface area contributed by atoms with Crippen LogP contribution >= 0.6 is 0 Å². The Balaban J connectivity index is 2.05. The molecule has 2 aromatic carbocycles. The van der Waals surface area contributed by atoms with E-state index in [1.54, 1.807) is 36.1 Å². The highest BCUT2D eigenvalue weighted by atomic mass is 19.1. The van der Waals surface area contributed by atoms with Crippen molar-refractivity contribution in [2.24, 2.45) is 0 Å². The van der Waals surface area contributed by atoms with Crippen LogP contribution in [0.2, 0.25) is 0 Å². The number of hydrogen-bond donors (Lipinski definition) is 1. The van der Waals surface area contributed by atoms with Gasteiger partial charge in [-0.15, -0.1) is 0 Å². The minimum absolute atomic E-state index is 0.193. The zero-order valence-corrected chi connectivity index (χ0v) is 12.1. The molecule has 0 bridgehead atoms. The topological polar surface area (TPSA) is 49.4 Å². The van der Waals surface area contributed by atoms with E-state index in [9.17, 15) is 14.0 Å². The third-order valence-corrected chi connectivity index (χ3v) is 3.72. The largest absolute Gasteiger partial charge is 0.350 e. The fourth-order valence-corrected chi connectivity index (χ4v) is 2.62. The number of carbonyl (C=O) groups excluding carboxylic acids is 2. The molecule has 0 aromatic heterocycles. The summed E-state index contributed by atoms with van der Waals surface area (Å²) in [5, 5.41) is 2.77. The first-order chi connectivity index (χ1) is 10.6. The second-order valence-corrected chi connectivity index (χ2v) is 5.19. The number of rotatable bonds is 1. The van der Waals surface area contributed by atoms with Gasteiger partial charge in [-0.05, 0) is 42.8 Å². The zero-order valence-electron chi connectivity index (χ0n) is 12.1. The number of aryl methyl sites for hydroxylation is 1. The number of halogens is 1. The van der Waals surface area contributed by atoms with Crippen LogP contribution in [0.25, 0.3) is 0 Å². The molecule has 1 heterocycles. The van der Waals surface area contributed by atoms with Gasteiger partial charge in [0.2, 0.25) is 0 Å². The lowest BCUT2D eigenvalue weighted by atomic mass is 10.1. The molecular weight excluding hydrogens is 283 g/mol. The van der Waals surface area contributed by atoms with Crippen molar-refractivity contribution in [3.8, 4) is 0 Å². The van der Waals surface area contributed by atoms with Gasteiger partial charge >= 0.3 is 0 Å². The van der Waals surface area contributed by atoms with Crippen molar-refractivity contribution in [3.63, 3.8) is 0 Å². The van der Waals surface area contributed by atoms with Crippen LogP contribution in [-0.2, 0) is 0 Å². The molecule has 4 nitrogen and oxygen atoms in total. The van der Waals surface area contributed by atoms with E-state index in [0.29, 0.717) is 35.5 Å². The monoisotopic (exact) mass is 298 g/mol. The first-order valence-electron chi connectivity index (χ1n) is 7.03.